The molecule has 8 heteroatoms. The van der Waals surface area contributed by atoms with E-state index < -0.39 is 0 Å². The zero-order valence-electron chi connectivity index (χ0n) is 17.3. The molecule has 2 aromatic heterocycles. The Balaban J connectivity index is 1.43. The monoisotopic (exact) mass is 420 g/mol. The van der Waals surface area contributed by atoms with Crippen molar-refractivity contribution in [1.29, 1.82) is 0 Å². The lowest BCUT2D eigenvalue weighted by Crippen LogP contribution is -2.47. The first-order valence-corrected chi connectivity index (χ1v) is 10.7. The maximum absolute atomic E-state index is 14.5. The number of rotatable bonds is 4. The van der Waals surface area contributed by atoms with Crippen LogP contribution in [0.3, 0.4) is 0 Å². The first-order chi connectivity index (χ1) is 15.3. The molecule has 2 saturated heterocycles. The van der Waals surface area contributed by atoms with Gasteiger partial charge in [-0.1, -0.05) is 18.2 Å². The van der Waals surface area contributed by atoms with E-state index in [1.54, 1.807) is 12.1 Å². The van der Waals surface area contributed by atoms with Gasteiger partial charge in [0.15, 0.2) is 0 Å². The molecular formula is C23H25FN6O. The second-order valence-electron chi connectivity index (χ2n) is 7.65. The van der Waals surface area contributed by atoms with Crippen molar-refractivity contribution in [3.05, 3.63) is 60.5 Å². The van der Waals surface area contributed by atoms with Crippen LogP contribution in [0.5, 0.6) is 0 Å². The van der Waals surface area contributed by atoms with Gasteiger partial charge in [-0.05, 0) is 24.3 Å². The van der Waals surface area contributed by atoms with Crippen LogP contribution in [-0.4, -0.2) is 67.4 Å². The predicted octanol–water partition coefficient (Wildman–Crippen LogP) is 2.84. The van der Waals surface area contributed by atoms with Gasteiger partial charge in [-0.2, -0.15) is 4.98 Å². The Morgan fingerprint density at radius 1 is 0.742 bits per heavy atom. The minimum atomic E-state index is -0.278. The second kappa shape index (κ2) is 8.85. The summed E-state index contributed by atoms with van der Waals surface area (Å²) in [6.07, 6.45) is 1.82. The number of morpholine rings is 1. The summed E-state index contributed by atoms with van der Waals surface area (Å²) < 4.78 is 20.0. The van der Waals surface area contributed by atoms with E-state index in [-0.39, 0.29) is 5.82 Å². The van der Waals surface area contributed by atoms with Crippen LogP contribution in [-0.2, 0) is 4.74 Å². The van der Waals surface area contributed by atoms with Crippen LogP contribution in [0.1, 0.15) is 0 Å². The van der Waals surface area contributed by atoms with Crippen LogP contribution < -0.4 is 14.7 Å². The fraction of sp³-hybridized carbons (Fsp3) is 0.348. The number of halogens is 1. The number of pyridine rings is 1. The number of piperazine rings is 1. The van der Waals surface area contributed by atoms with Crippen LogP contribution in [0.15, 0.2) is 54.7 Å². The van der Waals surface area contributed by atoms with E-state index in [1.165, 1.54) is 6.07 Å². The normalized spacial score (nSPS) is 17.1. The molecule has 2 aliphatic rings. The van der Waals surface area contributed by atoms with Crippen molar-refractivity contribution in [2.75, 3.05) is 67.2 Å². The van der Waals surface area contributed by atoms with Gasteiger partial charge in [0.25, 0.3) is 0 Å². The first kappa shape index (κ1) is 19.7. The molecule has 0 bridgehead atoms. The summed E-state index contributed by atoms with van der Waals surface area (Å²) in [5.74, 6) is 2.17. The standard InChI is InChI=1S/C23H25FN6O/c24-19-6-2-1-5-18(19)20-17-22(27-23(26-20)30-13-15-31-16-14-30)29-11-9-28(10-12-29)21-7-3-4-8-25-21/h1-8,17H,9-16H2. The van der Waals surface area contributed by atoms with E-state index in [0.717, 1.165) is 50.9 Å². The molecule has 5 rings (SSSR count). The van der Waals surface area contributed by atoms with Crippen molar-refractivity contribution in [1.82, 2.24) is 15.0 Å². The van der Waals surface area contributed by atoms with Gasteiger partial charge in [0.1, 0.15) is 17.5 Å². The summed E-state index contributed by atoms with van der Waals surface area (Å²) in [4.78, 5) is 20.7. The zero-order valence-corrected chi connectivity index (χ0v) is 17.3. The van der Waals surface area contributed by atoms with Gasteiger partial charge in [0, 0.05) is 57.1 Å². The summed E-state index contributed by atoms with van der Waals surface area (Å²) in [5, 5.41) is 0. The van der Waals surface area contributed by atoms with E-state index in [9.17, 15) is 4.39 Å². The van der Waals surface area contributed by atoms with E-state index >= 15 is 0 Å². The van der Waals surface area contributed by atoms with Crippen LogP contribution in [0.25, 0.3) is 11.3 Å². The van der Waals surface area contributed by atoms with Crippen molar-refractivity contribution < 1.29 is 9.13 Å². The van der Waals surface area contributed by atoms with E-state index in [0.29, 0.717) is 30.4 Å². The van der Waals surface area contributed by atoms with Gasteiger partial charge in [0.05, 0.1) is 18.9 Å². The maximum atomic E-state index is 14.5. The highest BCUT2D eigenvalue weighted by Crippen LogP contribution is 2.28. The maximum Gasteiger partial charge on any atom is 0.228 e. The number of benzene rings is 1. The molecule has 0 unspecified atom stereocenters. The summed E-state index contributed by atoms with van der Waals surface area (Å²) in [6, 6.07) is 14.6. The largest absolute Gasteiger partial charge is 0.378 e. The lowest BCUT2D eigenvalue weighted by molar-refractivity contribution is 0.122. The Morgan fingerprint density at radius 2 is 1.45 bits per heavy atom. The van der Waals surface area contributed by atoms with Gasteiger partial charge in [-0.3, -0.25) is 0 Å². The highest BCUT2D eigenvalue weighted by Gasteiger charge is 2.23. The molecule has 0 N–H and O–H groups in total. The van der Waals surface area contributed by atoms with Crippen molar-refractivity contribution in [2.45, 2.75) is 0 Å². The molecule has 1 aromatic carbocycles. The molecule has 0 aliphatic carbocycles. The number of ether oxygens (including phenoxy) is 1. The minimum Gasteiger partial charge on any atom is -0.378 e. The predicted molar refractivity (Wildman–Crippen MR) is 119 cm³/mol. The number of hydrogen-bond donors (Lipinski definition) is 0. The molecule has 0 radical (unpaired) electrons. The Hall–Kier alpha value is -3.26. The SMILES string of the molecule is Fc1ccccc1-c1cc(N2CCN(c3ccccn3)CC2)nc(N2CCOCC2)n1. The zero-order chi connectivity index (χ0) is 21.0. The number of nitrogens with zero attached hydrogens (tertiary/aromatic N) is 6. The summed E-state index contributed by atoms with van der Waals surface area (Å²) in [7, 11) is 0. The Morgan fingerprint density at radius 3 is 2.16 bits per heavy atom. The molecule has 2 aliphatic heterocycles. The summed E-state index contributed by atoms with van der Waals surface area (Å²) >= 11 is 0. The van der Waals surface area contributed by atoms with E-state index in [1.807, 2.05) is 36.5 Å². The fourth-order valence-electron chi connectivity index (χ4n) is 4.00. The number of anilines is 3. The molecule has 0 spiro atoms. The molecule has 7 nitrogen and oxygen atoms in total. The van der Waals surface area contributed by atoms with Crippen LogP contribution in [0, 0.1) is 5.82 Å². The highest BCUT2D eigenvalue weighted by molar-refractivity contribution is 5.66. The van der Waals surface area contributed by atoms with Crippen molar-refractivity contribution in [3.8, 4) is 11.3 Å². The van der Waals surface area contributed by atoms with Crippen molar-refractivity contribution >= 4 is 17.6 Å². The summed E-state index contributed by atoms with van der Waals surface area (Å²) in [6.45, 7) is 6.07. The smallest absolute Gasteiger partial charge is 0.228 e. The summed E-state index contributed by atoms with van der Waals surface area (Å²) in [5.41, 5.74) is 1.10. The number of aromatic nitrogens is 3. The third-order valence-electron chi connectivity index (χ3n) is 5.72. The van der Waals surface area contributed by atoms with Gasteiger partial charge < -0.3 is 19.4 Å². The van der Waals surface area contributed by atoms with Gasteiger partial charge in [0.2, 0.25) is 5.95 Å². The minimum absolute atomic E-state index is 0.278. The van der Waals surface area contributed by atoms with Crippen LogP contribution in [0.2, 0.25) is 0 Å². The topological polar surface area (TPSA) is 57.6 Å². The Kier molecular flexibility index (Phi) is 5.62. The number of hydrogen-bond acceptors (Lipinski definition) is 7. The van der Waals surface area contributed by atoms with Crippen molar-refractivity contribution in [2.24, 2.45) is 0 Å². The van der Waals surface area contributed by atoms with E-state index in [4.69, 9.17) is 14.7 Å². The average molecular weight is 420 g/mol. The molecule has 0 saturated carbocycles. The lowest BCUT2D eigenvalue weighted by atomic mass is 10.1. The third-order valence-corrected chi connectivity index (χ3v) is 5.72. The van der Waals surface area contributed by atoms with E-state index in [2.05, 4.69) is 19.7 Å². The first-order valence-electron chi connectivity index (χ1n) is 10.7. The van der Waals surface area contributed by atoms with Crippen molar-refractivity contribution in [3.63, 3.8) is 0 Å². The van der Waals surface area contributed by atoms with Crippen LogP contribution >= 0.6 is 0 Å². The molecule has 160 valence electrons. The van der Waals surface area contributed by atoms with Crippen LogP contribution in [0.4, 0.5) is 22.0 Å². The quantitative estimate of drug-likeness (QED) is 0.643. The van der Waals surface area contributed by atoms with Gasteiger partial charge >= 0.3 is 0 Å². The molecule has 4 heterocycles. The van der Waals surface area contributed by atoms with Gasteiger partial charge in [-0.15, -0.1) is 0 Å². The molecular weight excluding hydrogens is 395 g/mol. The molecule has 2 fully saturated rings. The molecule has 0 atom stereocenters. The fourth-order valence-corrected chi connectivity index (χ4v) is 4.00. The average Bonchev–Trinajstić information content (AvgIpc) is 2.85. The highest BCUT2D eigenvalue weighted by atomic mass is 19.1. The second-order valence-corrected chi connectivity index (χ2v) is 7.65. The molecule has 3 aromatic rings. The Labute approximate surface area is 181 Å². The third kappa shape index (κ3) is 4.29. The molecule has 0 amide bonds. The molecule has 31 heavy (non-hydrogen) atoms. The Bertz CT molecular complexity index is 1020. The van der Waals surface area contributed by atoms with Gasteiger partial charge in [-0.25, -0.2) is 14.4 Å². The lowest BCUT2D eigenvalue weighted by Gasteiger charge is -2.36.